The second kappa shape index (κ2) is 10.3. The summed E-state index contributed by atoms with van der Waals surface area (Å²) in [6, 6.07) is 11.2. The van der Waals surface area contributed by atoms with Gasteiger partial charge in [-0.25, -0.2) is 4.39 Å². The van der Waals surface area contributed by atoms with Crippen molar-refractivity contribution in [3.63, 3.8) is 0 Å². The summed E-state index contributed by atoms with van der Waals surface area (Å²) in [7, 11) is 1.31. The first-order valence-electron chi connectivity index (χ1n) is 11.8. The highest BCUT2D eigenvalue weighted by molar-refractivity contribution is 5.46. The van der Waals surface area contributed by atoms with Crippen molar-refractivity contribution in [2.24, 2.45) is 17.8 Å². The first-order chi connectivity index (χ1) is 15.6. The molecule has 2 aromatic rings. The molecule has 0 aromatic heterocycles. The van der Waals surface area contributed by atoms with Gasteiger partial charge in [0.05, 0.1) is 12.7 Å². The van der Waals surface area contributed by atoms with Gasteiger partial charge in [0.25, 0.3) is 0 Å². The van der Waals surface area contributed by atoms with Crippen LogP contribution in [0.15, 0.2) is 49.1 Å². The van der Waals surface area contributed by atoms with Crippen LogP contribution in [0.5, 0.6) is 5.75 Å². The summed E-state index contributed by atoms with van der Waals surface area (Å²) in [5, 5.41) is 0. The van der Waals surface area contributed by atoms with Gasteiger partial charge in [0.2, 0.25) is 5.82 Å². The van der Waals surface area contributed by atoms with E-state index in [1.807, 2.05) is 12.1 Å². The Morgan fingerprint density at radius 1 is 0.938 bits per heavy atom. The molecule has 0 spiro atoms. The van der Waals surface area contributed by atoms with Crippen LogP contribution in [0.2, 0.25) is 0 Å². The molecule has 0 bridgehead atoms. The zero-order valence-corrected chi connectivity index (χ0v) is 18.9. The van der Waals surface area contributed by atoms with Crippen molar-refractivity contribution < 1.29 is 13.5 Å². The molecule has 0 aliphatic heterocycles. The highest BCUT2D eigenvalue weighted by Gasteiger charge is 2.35. The summed E-state index contributed by atoms with van der Waals surface area (Å²) in [6.07, 6.45) is 12.6. The number of rotatable bonds is 5. The van der Waals surface area contributed by atoms with Crippen LogP contribution in [-0.4, -0.2) is 7.11 Å². The number of fused-ring (bicyclic) bond motifs is 1. The minimum absolute atomic E-state index is 0.0365. The molecule has 0 amide bonds. The molecule has 0 heterocycles. The van der Waals surface area contributed by atoms with Crippen LogP contribution in [-0.2, 0) is 0 Å². The molecule has 4 atom stereocenters. The van der Waals surface area contributed by atoms with Crippen molar-refractivity contribution in [1.82, 2.24) is 0 Å². The van der Waals surface area contributed by atoms with Crippen molar-refractivity contribution in [3.05, 3.63) is 77.4 Å². The number of methoxy groups -OCH3 is 1. The third-order valence-electron chi connectivity index (χ3n) is 7.49. The summed E-state index contributed by atoms with van der Waals surface area (Å²) >= 11 is 0. The molecule has 2 saturated carbocycles. The molecule has 4 rings (SSSR count). The Balaban J connectivity index is 1.38. The van der Waals surface area contributed by atoms with Gasteiger partial charge in [-0.05, 0) is 98.4 Å². The first kappa shape index (κ1) is 22.6. The van der Waals surface area contributed by atoms with Gasteiger partial charge in [0, 0.05) is 5.56 Å². The average Bonchev–Trinajstić information content (AvgIpc) is 2.83. The van der Waals surface area contributed by atoms with Gasteiger partial charge < -0.3 is 4.74 Å². The molecule has 2 aliphatic carbocycles. The fourth-order valence-electron chi connectivity index (χ4n) is 5.67. The van der Waals surface area contributed by atoms with E-state index in [0.717, 1.165) is 29.7 Å². The number of benzene rings is 2. The first-order valence-corrected chi connectivity index (χ1v) is 11.8. The highest BCUT2D eigenvalue weighted by atomic mass is 19.2. The molecular weight excluding hydrogens is 402 g/mol. The largest absolute Gasteiger partial charge is 0.494 e. The molecule has 2 aliphatic rings. The molecule has 1 nitrogen and oxygen atoms in total. The Bertz CT molecular complexity index is 998. The average molecular weight is 435 g/mol. The van der Waals surface area contributed by atoms with Gasteiger partial charge >= 0.3 is 0 Å². The van der Waals surface area contributed by atoms with Gasteiger partial charge in [-0.15, -0.1) is 6.58 Å². The topological polar surface area (TPSA) is 9.23 Å². The molecule has 0 saturated heterocycles. The molecule has 32 heavy (non-hydrogen) atoms. The summed E-state index contributed by atoms with van der Waals surface area (Å²) in [4.78, 5) is 0. The van der Waals surface area contributed by atoms with E-state index in [1.54, 1.807) is 0 Å². The predicted molar refractivity (Wildman–Crippen MR) is 126 cm³/mol. The Hall–Kier alpha value is -2.60. The van der Waals surface area contributed by atoms with Crippen LogP contribution in [0.25, 0.3) is 0 Å². The molecular formula is C29H32F2O. The lowest BCUT2D eigenvalue weighted by Gasteiger charge is -2.42. The molecule has 3 heteroatoms. The van der Waals surface area contributed by atoms with E-state index in [9.17, 15) is 8.78 Å². The van der Waals surface area contributed by atoms with E-state index in [-0.39, 0.29) is 11.3 Å². The lowest BCUT2D eigenvalue weighted by Crippen LogP contribution is -2.30. The van der Waals surface area contributed by atoms with Crippen LogP contribution >= 0.6 is 0 Å². The van der Waals surface area contributed by atoms with Gasteiger partial charge in [-0.2, -0.15) is 4.39 Å². The SMILES string of the molecule is C=CCCC1CCC2CC(c3ccc(C#Cc4ccc(OC)c(F)c4F)cc3)CCC2C1. The summed E-state index contributed by atoms with van der Waals surface area (Å²) < 4.78 is 32.8. The fourth-order valence-corrected chi connectivity index (χ4v) is 5.67. The standard InChI is InChI=1S/C29H32F2O/c1-3-4-5-21-9-13-26-19-25(15-14-24(26)18-21)22-10-6-20(7-11-22)8-12-23-16-17-27(32-2)29(31)28(23)30/h3,6-7,10-11,16-17,21,24-26H,1,4-5,9,13-15,18-19H2,2H3. The van der Waals surface area contributed by atoms with Gasteiger partial charge in [0.1, 0.15) is 0 Å². The smallest absolute Gasteiger partial charge is 0.201 e. The summed E-state index contributed by atoms with van der Waals surface area (Å²) in [5.74, 6) is 6.91. The van der Waals surface area contributed by atoms with Gasteiger partial charge in [0.15, 0.2) is 11.6 Å². The van der Waals surface area contributed by atoms with Gasteiger partial charge in [-0.3, -0.25) is 0 Å². The zero-order chi connectivity index (χ0) is 22.5. The third-order valence-corrected chi connectivity index (χ3v) is 7.49. The third kappa shape index (κ3) is 5.07. The normalized spacial score (nSPS) is 24.7. The number of halogens is 2. The number of hydrogen-bond donors (Lipinski definition) is 0. The van der Waals surface area contributed by atoms with E-state index >= 15 is 0 Å². The Kier molecular flexibility index (Phi) is 7.30. The monoisotopic (exact) mass is 434 g/mol. The Labute approximate surface area is 190 Å². The van der Waals surface area contributed by atoms with E-state index in [0.29, 0.717) is 5.92 Å². The molecule has 168 valence electrons. The van der Waals surface area contributed by atoms with Crippen LogP contribution in [0, 0.1) is 41.2 Å². The van der Waals surface area contributed by atoms with Crippen LogP contribution < -0.4 is 4.74 Å². The van der Waals surface area contributed by atoms with Crippen molar-refractivity contribution in [1.29, 1.82) is 0 Å². The zero-order valence-electron chi connectivity index (χ0n) is 18.9. The minimum atomic E-state index is -1.00. The minimum Gasteiger partial charge on any atom is -0.494 e. The second-order valence-electron chi connectivity index (χ2n) is 9.39. The molecule has 2 fully saturated rings. The Morgan fingerprint density at radius 2 is 1.69 bits per heavy atom. The number of hydrogen-bond acceptors (Lipinski definition) is 1. The van der Waals surface area contributed by atoms with Crippen molar-refractivity contribution in [2.75, 3.05) is 7.11 Å². The van der Waals surface area contributed by atoms with Crippen LogP contribution in [0.4, 0.5) is 8.78 Å². The lowest BCUT2D eigenvalue weighted by molar-refractivity contribution is 0.115. The molecule has 4 unspecified atom stereocenters. The highest BCUT2D eigenvalue weighted by Crippen LogP contribution is 2.48. The maximum Gasteiger partial charge on any atom is 0.201 e. The molecule has 0 N–H and O–H groups in total. The molecule has 2 aromatic carbocycles. The maximum atomic E-state index is 14.1. The van der Waals surface area contributed by atoms with Gasteiger partial charge in [-0.1, -0.05) is 36.5 Å². The van der Waals surface area contributed by atoms with E-state index in [2.05, 4.69) is 36.6 Å². The van der Waals surface area contributed by atoms with Crippen LogP contribution in [0.3, 0.4) is 0 Å². The number of allylic oxidation sites excluding steroid dienone is 1. The second-order valence-corrected chi connectivity index (χ2v) is 9.39. The van der Waals surface area contributed by atoms with Crippen molar-refractivity contribution >= 4 is 0 Å². The van der Waals surface area contributed by atoms with E-state index in [1.165, 1.54) is 69.8 Å². The predicted octanol–water partition coefficient (Wildman–Crippen LogP) is 7.64. The number of ether oxygens (including phenoxy) is 1. The quantitative estimate of drug-likeness (QED) is 0.347. The Morgan fingerprint density at radius 3 is 2.44 bits per heavy atom. The fraction of sp³-hybridized carbons (Fsp3) is 0.448. The summed E-state index contributed by atoms with van der Waals surface area (Å²) in [6.45, 7) is 3.87. The van der Waals surface area contributed by atoms with Crippen molar-refractivity contribution in [2.45, 2.75) is 57.3 Å². The summed E-state index contributed by atoms with van der Waals surface area (Å²) in [5.41, 5.74) is 2.22. The maximum absolute atomic E-state index is 14.1. The molecule has 0 radical (unpaired) electrons. The van der Waals surface area contributed by atoms with E-state index < -0.39 is 11.6 Å². The van der Waals surface area contributed by atoms with Crippen LogP contribution in [0.1, 0.15) is 74.0 Å². The lowest BCUT2D eigenvalue weighted by atomic mass is 9.63. The van der Waals surface area contributed by atoms with E-state index in [4.69, 9.17) is 4.74 Å². The van der Waals surface area contributed by atoms with Crippen molar-refractivity contribution in [3.8, 4) is 17.6 Å².